The first-order chi connectivity index (χ1) is 20.1. The van der Waals surface area contributed by atoms with Gasteiger partial charge in [-0.05, 0) is 77.0 Å². The molecule has 0 bridgehead atoms. The molecule has 0 aromatic rings. The quantitative estimate of drug-likeness (QED) is 0.0528. The van der Waals surface area contributed by atoms with E-state index in [1.165, 1.54) is 64.2 Å². The summed E-state index contributed by atoms with van der Waals surface area (Å²) in [6, 6.07) is 0. The van der Waals surface area contributed by atoms with E-state index in [9.17, 15) is 9.59 Å². The van der Waals surface area contributed by atoms with Crippen molar-refractivity contribution in [3.8, 4) is 0 Å². The zero-order valence-electron chi connectivity index (χ0n) is 26.8. The average molecular weight is 573 g/mol. The van der Waals surface area contributed by atoms with Gasteiger partial charge in [0.15, 0.2) is 0 Å². The summed E-state index contributed by atoms with van der Waals surface area (Å²) in [5.74, 6) is -0.727. The normalized spacial score (nSPS) is 12.8. The highest BCUT2D eigenvalue weighted by atomic mass is 16.5. The lowest BCUT2D eigenvalue weighted by molar-refractivity contribution is -0.150. The number of unbranched alkanes of at least 4 members (excludes halogenated alkanes) is 13. The van der Waals surface area contributed by atoms with Gasteiger partial charge in [0.05, 0.1) is 0 Å². The number of esters is 1. The van der Waals surface area contributed by atoms with Crippen molar-refractivity contribution in [3.63, 3.8) is 0 Å². The molecule has 0 saturated heterocycles. The number of carboxylic acid groups (broad SMARTS) is 1. The monoisotopic (exact) mass is 572 g/mol. The Hall–Kier alpha value is -2.10. The van der Waals surface area contributed by atoms with Crippen LogP contribution in [0.25, 0.3) is 0 Å². The van der Waals surface area contributed by atoms with Crippen molar-refractivity contribution in [2.45, 2.75) is 174 Å². The Bertz CT molecular complexity index is 704. The summed E-state index contributed by atoms with van der Waals surface area (Å²) in [6.07, 6.45) is 42.9. The van der Waals surface area contributed by atoms with Crippen molar-refractivity contribution in [2.24, 2.45) is 0 Å². The van der Waals surface area contributed by atoms with Crippen molar-refractivity contribution in [1.82, 2.24) is 0 Å². The van der Waals surface area contributed by atoms with Crippen LogP contribution in [0.15, 0.2) is 48.6 Å². The molecule has 0 spiro atoms. The molecule has 1 unspecified atom stereocenters. The maximum absolute atomic E-state index is 12.4. The van der Waals surface area contributed by atoms with Gasteiger partial charge in [0.25, 0.3) is 0 Å². The van der Waals surface area contributed by atoms with Crippen LogP contribution in [0.3, 0.4) is 0 Å². The molecule has 0 rings (SSSR count). The molecule has 4 heteroatoms. The van der Waals surface area contributed by atoms with Gasteiger partial charge in [-0.1, -0.05) is 127 Å². The van der Waals surface area contributed by atoms with Crippen LogP contribution in [0.1, 0.15) is 168 Å². The van der Waals surface area contributed by atoms with Gasteiger partial charge < -0.3 is 9.84 Å². The van der Waals surface area contributed by atoms with Crippen LogP contribution < -0.4 is 0 Å². The minimum Gasteiger partial charge on any atom is -0.481 e. The Morgan fingerprint density at radius 1 is 0.537 bits per heavy atom. The lowest BCUT2D eigenvalue weighted by Crippen LogP contribution is -2.18. The molecule has 0 aliphatic carbocycles. The number of carbonyl (C=O) groups excluding carboxylic acids is 1. The van der Waals surface area contributed by atoms with E-state index in [-0.39, 0.29) is 12.1 Å². The second-order valence-corrected chi connectivity index (χ2v) is 11.3. The molecule has 41 heavy (non-hydrogen) atoms. The third-order valence-electron chi connectivity index (χ3n) is 7.30. The number of hydrogen-bond acceptors (Lipinski definition) is 3. The lowest BCUT2D eigenvalue weighted by Gasteiger charge is -2.18. The molecule has 236 valence electrons. The summed E-state index contributed by atoms with van der Waals surface area (Å²) in [7, 11) is 0. The van der Waals surface area contributed by atoms with Crippen LogP contribution in [-0.2, 0) is 14.3 Å². The minimum absolute atomic E-state index is 0.0382. The molecule has 0 aromatic carbocycles. The fourth-order valence-corrected chi connectivity index (χ4v) is 4.76. The molecule has 0 saturated carbocycles. The Balaban J connectivity index is 3.91. The van der Waals surface area contributed by atoms with Gasteiger partial charge in [-0.3, -0.25) is 9.59 Å². The van der Waals surface area contributed by atoms with Gasteiger partial charge >= 0.3 is 11.9 Å². The first kappa shape index (κ1) is 38.9. The van der Waals surface area contributed by atoms with Crippen molar-refractivity contribution in [3.05, 3.63) is 48.6 Å². The van der Waals surface area contributed by atoms with Crippen LogP contribution in [0.4, 0.5) is 0 Å². The average Bonchev–Trinajstić information content (AvgIpc) is 2.95. The third-order valence-corrected chi connectivity index (χ3v) is 7.30. The summed E-state index contributed by atoms with van der Waals surface area (Å²) in [5, 5.41) is 8.69. The van der Waals surface area contributed by atoms with Crippen molar-refractivity contribution in [1.29, 1.82) is 0 Å². The Kier molecular flexibility index (Phi) is 30.8. The first-order valence-corrected chi connectivity index (χ1v) is 17.1. The summed E-state index contributed by atoms with van der Waals surface area (Å²) < 4.78 is 5.88. The molecule has 0 aromatic heterocycles. The Morgan fingerprint density at radius 3 is 1.51 bits per heavy atom. The van der Waals surface area contributed by atoms with Gasteiger partial charge in [0.2, 0.25) is 0 Å². The fourth-order valence-electron chi connectivity index (χ4n) is 4.76. The highest BCUT2D eigenvalue weighted by molar-refractivity contribution is 5.69. The summed E-state index contributed by atoms with van der Waals surface area (Å²) in [6.45, 7) is 4.45. The van der Waals surface area contributed by atoms with E-state index in [0.717, 1.165) is 77.0 Å². The lowest BCUT2D eigenvalue weighted by atomic mass is 10.0. The number of allylic oxidation sites excluding steroid dienone is 8. The van der Waals surface area contributed by atoms with Gasteiger partial charge in [-0.2, -0.15) is 0 Å². The van der Waals surface area contributed by atoms with E-state index in [2.05, 4.69) is 62.5 Å². The summed E-state index contributed by atoms with van der Waals surface area (Å²) in [5.41, 5.74) is 0. The highest BCUT2D eigenvalue weighted by Gasteiger charge is 2.13. The molecular formula is C37H64O4. The number of carbonyl (C=O) groups is 2. The first-order valence-electron chi connectivity index (χ1n) is 17.1. The van der Waals surface area contributed by atoms with E-state index in [1.54, 1.807) is 0 Å². The van der Waals surface area contributed by atoms with Crippen LogP contribution >= 0.6 is 0 Å². The largest absolute Gasteiger partial charge is 0.481 e. The predicted molar refractivity (Wildman–Crippen MR) is 176 cm³/mol. The van der Waals surface area contributed by atoms with E-state index >= 15 is 0 Å². The zero-order valence-corrected chi connectivity index (χ0v) is 26.8. The van der Waals surface area contributed by atoms with E-state index in [0.29, 0.717) is 12.8 Å². The molecule has 0 aliphatic rings. The van der Waals surface area contributed by atoms with Crippen LogP contribution in [-0.4, -0.2) is 23.1 Å². The standard InChI is InChI=1S/C37H64O4/c1-3-5-7-8-9-10-11-12-13-14-15-16-17-18-23-26-30-34-37(40)41-35(31-27-6-4-2)32-28-24-21-19-20-22-25-29-33-36(38)39/h9-10,12-13,15-16,18,23,35H,3-8,11,14,17,19-22,24-34H2,1-2H3,(H,38,39)/b10-9-,13-12-,16-15-,23-18-. The topological polar surface area (TPSA) is 63.6 Å². The molecule has 4 nitrogen and oxygen atoms in total. The van der Waals surface area contributed by atoms with Crippen LogP contribution in [0.5, 0.6) is 0 Å². The van der Waals surface area contributed by atoms with Crippen molar-refractivity contribution < 1.29 is 19.4 Å². The van der Waals surface area contributed by atoms with Crippen LogP contribution in [0.2, 0.25) is 0 Å². The van der Waals surface area contributed by atoms with Crippen LogP contribution in [0, 0.1) is 0 Å². The molecule has 0 heterocycles. The van der Waals surface area contributed by atoms with E-state index < -0.39 is 5.97 Å². The second kappa shape index (κ2) is 32.4. The van der Waals surface area contributed by atoms with Crippen molar-refractivity contribution in [2.75, 3.05) is 0 Å². The second-order valence-electron chi connectivity index (χ2n) is 11.3. The molecule has 0 amide bonds. The number of ether oxygens (including phenoxy) is 1. The van der Waals surface area contributed by atoms with Gasteiger partial charge in [0, 0.05) is 12.8 Å². The van der Waals surface area contributed by atoms with Gasteiger partial charge in [0.1, 0.15) is 6.10 Å². The number of rotatable bonds is 30. The SMILES string of the molecule is CCCCC/C=C\C/C=C\C/C=C\C/C=C\CCCC(=O)OC(CCCCC)CCCCCCCCCCC(=O)O. The number of carboxylic acids is 1. The molecular weight excluding hydrogens is 508 g/mol. The summed E-state index contributed by atoms with van der Waals surface area (Å²) >= 11 is 0. The maximum Gasteiger partial charge on any atom is 0.306 e. The molecule has 1 N–H and O–H groups in total. The number of hydrogen-bond donors (Lipinski definition) is 1. The predicted octanol–water partition coefficient (Wildman–Crippen LogP) is 11.6. The summed E-state index contributed by atoms with van der Waals surface area (Å²) in [4.78, 5) is 23.0. The van der Waals surface area contributed by atoms with Crippen molar-refractivity contribution >= 4 is 11.9 Å². The van der Waals surface area contributed by atoms with Gasteiger partial charge in [-0.25, -0.2) is 0 Å². The van der Waals surface area contributed by atoms with Gasteiger partial charge in [-0.15, -0.1) is 0 Å². The Labute approximate surface area is 253 Å². The third kappa shape index (κ3) is 32.3. The fraction of sp³-hybridized carbons (Fsp3) is 0.730. The highest BCUT2D eigenvalue weighted by Crippen LogP contribution is 2.17. The molecule has 1 atom stereocenters. The van der Waals surface area contributed by atoms with E-state index in [4.69, 9.17) is 9.84 Å². The smallest absolute Gasteiger partial charge is 0.306 e. The molecule has 0 radical (unpaired) electrons. The minimum atomic E-state index is -0.689. The zero-order chi connectivity index (χ0) is 30.1. The molecule has 0 aliphatic heterocycles. The Morgan fingerprint density at radius 2 is 0.976 bits per heavy atom. The maximum atomic E-state index is 12.4. The molecule has 0 fully saturated rings. The van der Waals surface area contributed by atoms with E-state index in [1.807, 2.05) is 0 Å². The number of aliphatic carboxylic acids is 1.